The fourth-order valence-electron chi connectivity index (χ4n) is 2.08. The molecule has 0 amide bonds. The number of hydrogen-bond donors (Lipinski definition) is 1. The van der Waals surface area contributed by atoms with E-state index in [1.807, 2.05) is 0 Å². The lowest BCUT2D eigenvalue weighted by molar-refractivity contribution is 0.415. The predicted octanol–water partition coefficient (Wildman–Crippen LogP) is 5.72. The summed E-state index contributed by atoms with van der Waals surface area (Å²) in [6, 6.07) is 0. The number of rotatable bonds is 11. The van der Waals surface area contributed by atoms with Crippen LogP contribution in [-0.4, -0.2) is 12.1 Å². The van der Waals surface area contributed by atoms with Crippen LogP contribution < -0.4 is 5.32 Å². The van der Waals surface area contributed by atoms with E-state index in [1.165, 1.54) is 70.8 Å². The van der Waals surface area contributed by atoms with Crippen LogP contribution in [0.25, 0.3) is 0 Å². The summed E-state index contributed by atoms with van der Waals surface area (Å²) in [6.45, 7) is 10.2. The van der Waals surface area contributed by atoms with E-state index in [0.717, 1.165) is 0 Å². The van der Waals surface area contributed by atoms with Crippen LogP contribution in [0, 0.1) is 0 Å². The third kappa shape index (κ3) is 18.6. The van der Waals surface area contributed by atoms with Gasteiger partial charge in [0.1, 0.15) is 0 Å². The maximum Gasteiger partial charge on any atom is 0.00965 e. The van der Waals surface area contributed by atoms with Crippen LogP contribution in [0.4, 0.5) is 0 Å². The molecule has 0 aromatic carbocycles. The molecule has 0 unspecified atom stereocenters. The van der Waals surface area contributed by atoms with Gasteiger partial charge in [-0.05, 0) is 33.7 Å². The first kappa shape index (κ1) is 20.6. The Morgan fingerprint density at radius 3 is 1.44 bits per heavy atom. The molecule has 0 rings (SSSR count). The largest absolute Gasteiger partial charge is 0.312 e. The average molecular weight is 278 g/mol. The van der Waals surface area contributed by atoms with Crippen molar-refractivity contribution in [3.8, 4) is 0 Å². The fourth-order valence-corrected chi connectivity index (χ4v) is 2.08. The van der Waals surface area contributed by atoms with Gasteiger partial charge in [-0.15, -0.1) is 12.4 Å². The lowest BCUT2D eigenvalue weighted by Gasteiger charge is -2.20. The fraction of sp³-hybridized carbons (Fsp3) is 1.00. The van der Waals surface area contributed by atoms with Crippen molar-refractivity contribution in [1.82, 2.24) is 5.32 Å². The van der Waals surface area contributed by atoms with Crippen LogP contribution in [0.1, 0.15) is 91.9 Å². The van der Waals surface area contributed by atoms with Crippen molar-refractivity contribution in [2.45, 2.75) is 97.4 Å². The van der Waals surface area contributed by atoms with Crippen LogP contribution >= 0.6 is 12.4 Å². The van der Waals surface area contributed by atoms with Crippen molar-refractivity contribution in [1.29, 1.82) is 0 Å². The first-order chi connectivity index (χ1) is 8.06. The van der Waals surface area contributed by atoms with Gasteiger partial charge in [-0.3, -0.25) is 0 Å². The summed E-state index contributed by atoms with van der Waals surface area (Å²) in [4.78, 5) is 0. The van der Waals surface area contributed by atoms with Crippen molar-refractivity contribution >= 4 is 12.4 Å². The zero-order chi connectivity index (χ0) is 13.0. The molecule has 0 aromatic heterocycles. The molecular formula is C16H36ClN. The van der Waals surface area contributed by atoms with E-state index in [2.05, 4.69) is 33.0 Å². The van der Waals surface area contributed by atoms with Crippen molar-refractivity contribution in [2.75, 3.05) is 6.54 Å². The summed E-state index contributed by atoms with van der Waals surface area (Å²) < 4.78 is 0. The van der Waals surface area contributed by atoms with E-state index in [4.69, 9.17) is 0 Å². The van der Waals surface area contributed by atoms with E-state index < -0.39 is 0 Å². The molecule has 0 aliphatic rings. The molecule has 112 valence electrons. The number of unbranched alkanes of at least 4 members (excludes halogenated alkanes) is 9. The van der Waals surface area contributed by atoms with E-state index in [9.17, 15) is 0 Å². The zero-order valence-electron chi connectivity index (χ0n) is 13.2. The molecule has 1 N–H and O–H groups in total. The second kappa shape index (κ2) is 13.7. The smallest absolute Gasteiger partial charge is 0.00965 e. The normalized spacial score (nSPS) is 11.3. The molecule has 1 nitrogen and oxygen atoms in total. The summed E-state index contributed by atoms with van der Waals surface area (Å²) in [7, 11) is 0. The SMILES string of the molecule is CCCCCCCCCCCCNC(C)(C)C.Cl. The van der Waals surface area contributed by atoms with Gasteiger partial charge < -0.3 is 5.32 Å². The lowest BCUT2D eigenvalue weighted by atomic mass is 10.1. The van der Waals surface area contributed by atoms with Crippen LogP contribution in [0.2, 0.25) is 0 Å². The van der Waals surface area contributed by atoms with Gasteiger partial charge in [0.25, 0.3) is 0 Å². The minimum absolute atomic E-state index is 0. The molecule has 0 spiro atoms. The summed E-state index contributed by atoms with van der Waals surface area (Å²) in [5, 5.41) is 3.55. The van der Waals surface area contributed by atoms with Gasteiger partial charge in [0.15, 0.2) is 0 Å². The van der Waals surface area contributed by atoms with Crippen molar-refractivity contribution < 1.29 is 0 Å². The third-order valence-electron chi connectivity index (χ3n) is 3.19. The minimum Gasteiger partial charge on any atom is -0.312 e. The molecule has 2 heteroatoms. The van der Waals surface area contributed by atoms with Crippen LogP contribution in [0.5, 0.6) is 0 Å². The highest BCUT2D eigenvalue weighted by Gasteiger charge is 2.06. The highest BCUT2D eigenvalue weighted by atomic mass is 35.5. The molecule has 0 radical (unpaired) electrons. The topological polar surface area (TPSA) is 12.0 Å². The summed E-state index contributed by atoms with van der Waals surface area (Å²) >= 11 is 0. The standard InChI is InChI=1S/C16H35N.ClH/c1-5-6-7-8-9-10-11-12-13-14-15-17-16(2,3)4;/h17H,5-15H2,1-4H3;1H. The summed E-state index contributed by atoms with van der Waals surface area (Å²) in [6.07, 6.45) is 14.2. The second-order valence-corrected chi connectivity index (χ2v) is 6.36. The lowest BCUT2D eigenvalue weighted by Crippen LogP contribution is -2.36. The Labute approximate surface area is 122 Å². The van der Waals surface area contributed by atoms with Gasteiger partial charge in [0.2, 0.25) is 0 Å². The summed E-state index contributed by atoms with van der Waals surface area (Å²) in [5.74, 6) is 0. The molecule has 0 atom stereocenters. The van der Waals surface area contributed by atoms with E-state index in [1.54, 1.807) is 0 Å². The molecule has 0 aliphatic carbocycles. The average Bonchev–Trinajstić information content (AvgIpc) is 2.24. The van der Waals surface area contributed by atoms with Gasteiger partial charge in [-0.1, -0.05) is 64.7 Å². The first-order valence-corrected chi connectivity index (χ1v) is 7.81. The highest BCUT2D eigenvalue weighted by Crippen LogP contribution is 2.10. The van der Waals surface area contributed by atoms with Gasteiger partial charge in [-0.25, -0.2) is 0 Å². The Kier molecular flexibility index (Phi) is 15.6. The monoisotopic (exact) mass is 277 g/mol. The van der Waals surface area contributed by atoms with Crippen molar-refractivity contribution in [3.05, 3.63) is 0 Å². The summed E-state index contributed by atoms with van der Waals surface area (Å²) in [5.41, 5.74) is 0.291. The Morgan fingerprint density at radius 2 is 1.06 bits per heavy atom. The van der Waals surface area contributed by atoms with E-state index in [-0.39, 0.29) is 12.4 Å². The van der Waals surface area contributed by atoms with Gasteiger partial charge in [-0.2, -0.15) is 0 Å². The number of hydrogen-bond acceptors (Lipinski definition) is 1. The van der Waals surface area contributed by atoms with Gasteiger partial charge in [0.05, 0.1) is 0 Å². The van der Waals surface area contributed by atoms with Crippen LogP contribution in [0.15, 0.2) is 0 Å². The van der Waals surface area contributed by atoms with Crippen molar-refractivity contribution in [2.24, 2.45) is 0 Å². The molecule has 0 aromatic rings. The second-order valence-electron chi connectivity index (χ2n) is 6.36. The van der Waals surface area contributed by atoms with Crippen molar-refractivity contribution in [3.63, 3.8) is 0 Å². The highest BCUT2D eigenvalue weighted by molar-refractivity contribution is 5.85. The number of nitrogens with one attached hydrogen (secondary N) is 1. The molecular weight excluding hydrogens is 242 g/mol. The molecule has 18 heavy (non-hydrogen) atoms. The molecule has 0 saturated heterocycles. The molecule has 0 fully saturated rings. The first-order valence-electron chi connectivity index (χ1n) is 7.81. The molecule has 0 aliphatic heterocycles. The minimum atomic E-state index is 0. The van der Waals surface area contributed by atoms with E-state index in [0.29, 0.717) is 5.54 Å². The predicted molar refractivity (Wildman–Crippen MR) is 86.8 cm³/mol. The molecule has 0 heterocycles. The van der Waals surface area contributed by atoms with Gasteiger partial charge in [0, 0.05) is 5.54 Å². The Balaban J connectivity index is 0. The molecule has 0 bridgehead atoms. The Hall–Kier alpha value is 0.250. The maximum atomic E-state index is 3.55. The quantitative estimate of drug-likeness (QED) is 0.477. The molecule has 0 saturated carbocycles. The number of halogens is 1. The van der Waals surface area contributed by atoms with E-state index >= 15 is 0 Å². The van der Waals surface area contributed by atoms with Gasteiger partial charge >= 0.3 is 0 Å². The van der Waals surface area contributed by atoms with Crippen LogP contribution in [-0.2, 0) is 0 Å². The van der Waals surface area contributed by atoms with Crippen LogP contribution in [0.3, 0.4) is 0 Å². The third-order valence-corrected chi connectivity index (χ3v) is 3.19. The Morgan fingerprint density at radius 1 is 0.667 bits per heavy atom. The maximum absolute atomic E-state index is 3.55. The Bertz CT molecular complexity index is 152. The zero-order valence-corrected chi connectivity index (χ0v) is 14.0.